The van der Waals surface area contributed by atoms with E-state index in [4.69, 9.17) is 5.11 Å². The van der Waals surface area contributed by atoms with Crippen molar-refractivity contribution in [3.63, 3.8) is 0 Å². The molecule has 1 saturated carbocycles. The molecule has 1 amide bonds. The van der Waals surface area contributed by atoms with Gasteiger partial charge in [0.1, 0.15) is 0 Å². The van der Waals surface area contributed by atoms with Crippen molar-refractivity contribution in [2.45, 2.75) is 18.8 Å². The molecule has 0 spiro atoms. The van der Waals surface area contributed by atoms with Crippen LogP contribution in [0.4, 0.5) is 14.5 Å². The number of halogens is 2. The maximum atomic E-state index is 13.3. The number of amides is 1. The van der Waals surface area contributed by atoms with Crippen LogP contribution in [0.2, 0.25) is 0 Å². The summed E-state index contributed by atoms with van der Waals surface area (Å²) in [6.45, 7) is 0. The molecule has 0 unspecified atom stereocenters. The minimum Gasteiger partial charge on any atom is -0.481 e. The first-order chi connectivity index (χ1) is 11.4. The Morgan fingerprint density at radius 1 is 1.12 bits per heavy atom. The normalized spacial score (nSPS) is 18.9. The van der Waals surface area contributed by atoms with E-state index in [1.54, 1.807) is 24.3 Å². The molecule has 124 valence electrons. The number of carboxylic acid groups (broad SMARTS) is 1. The quantitative estimate of drug-likeness (QED) is 0.883. The average Bonchev–Trinajstić information content (AvgIpc) is 3.30. The molecule has 0 bridgehead atoms. The largest absolute Gasteiger partial charge is 0.481 e. The summed E-state index contributed by atoms with van der Waals surface area (Å²) < 4.78 is 26.2. The molecule has 0 heterocycles. The fourth-order valence-electron chi connectivity index (χ4n) is 2.76. The number of anilines is 1. The second kappa shape index (κ2) is 6.39. The van der Waals surface area contributed by atoms with Crippen LogP contribution < -0.4 is 5.32 Å². The van der Waals surface area contributed by atoms with Crippen molar-refractivity contribution in [1.82, 2.24) is 0 Å². The van der Waals surface area contributed by atoms with Gasteiger partial charge in [-0.2, -0.15) is 0 Å². The highest BCUT2D eigenvalue weighted by molar-refractivity contribution is 5.95. The molecular formula is C18H15F2NO3. The Balaban J connectivity index is 1.64. The topological polar surface area (TPSA) is 66.4 Å². The van der Waals surface area contributed by atoms with Gasteiger partial charge in [-0.15, -0.1) is 0 Å². The van der Waals surface area contributed by atoms with Crippen molar-refractivity contribution in [3.05, 3.63) is 65.2 Å². The van der Waals surface area contributed by atoms with Gasteiger partial charge in [-0.25, -0.2) is 8.78 Å². The molecule has 0 saturated heterocycles. The van der Waals surface area contributed by atoms with Gasteiger partial charge in [0.15, 0.2) is 11.6 Å². The second-order valence-electron chi connectivity index (χ2n) is 5.88. The smallest absolute Gasteiger partial charge is 0.307 e. The Hall–Kier alpha value is -2.76. The van der Waals surface area contributed by atoms with E-state index in [0.29, 0.717) is 23.2 Å². The number of carboxylic acids is 1. The first kappa shape index (κ1) is 16.1. The van der Waals surface area contributed by atoms with Crippen LogP contribution in [0.15, 0.2) is 42.5 Å². The van der Waals surface area contributed by atoms with Crippen molar-refractivity contribution in [1.29, 1.82) is 0 Å². The van der Waals surface area contributed by atoms with Crippen LogP contribution in [-0.4, -0.2) is 17.0 Å². The molecule has 2 aromatic carbocycles. The molecule has 0 aliphatic heterocycles. The van der Waals surface area contributed by atoms with Crippen LogP contribution in [-0.2, 0) is 16.0 Å². The van der Waals surface area contributed by atoms with Crippen LogP contribution in [0.1, 0.15) is 23.5 Å². The minimum atomic E-state index is -0.945. The predicted molar refractivity (Wildman–Crippen MR) is 83.6 cm³/mol. The van der Waals surface area contributed by atoms with Crippen LogP contribution in [0.5, 0.6) is 0 Å². The zero-order chi connectivity index (χ0) is 17.3. The van der Waals surface area contributed by atoms with Gasteiger partial charge in [-0.05, 0) is 47.7 Å². The molecule has 3 rings (SSSR count). The molecular weight excluding hydrogens is 316 g/mol. The SMILES string of the molecule is O=C(O)Cc1cccc(NC(=O)[C@@H]2C[C@@H]2c2ccc(F)c(F)c2)c1. The van der Waals surface area contributed by atoms with Gasteiger partial charge in [-0.3, -0.25) is 9.59 Å². The third-order valence-corrected chi connectivity index (χ3v) is 4.05. The predicted octanol–water partition coefficient (Wildman–Crippen LogP) is 3.33. The fourth-order valence-corrected chi connectivity index (χ4v) is 2.76. The Morgan fingerprint density at radius 2 is 1.92 bits per heavy atom. The summed E-state index contributed by atoms with van der Waals surface area (Å²) in [5.74, 6) is -3.40. The fraction of sp³-hybridized carbons (Fsp3) is 0.222. The number of aliphatic carboxylic acids is 1. The summed E-state index contributed by atoms with van der Waals surface area (Å²) >= 11 is 0. The van der Waals surface area contributed by atoms with E-state index in [1.165, 1.54) is 6.07 Å². The molecule has 2 aromatic rings. The van der Waals surface area contributed by atoms with Crippen LogP contribution in [0, 0.1) is 17.6 Å². The standard InChI is InChI=1S/C18H15F2NO3/c19-15-5-4-11(8-16(15)20)13-9-14(13)18(24)21-12-3-1-2-10(6-12)7-17(22)23/h1-6,8,13-14H,7,9H2,(H,21,24)(H,22,23)/t13-,14-/m1/s1. The Bertz CT molecular complexity index is 807. The highest BCUT2D eigenvalue weighted by Gasteiger charge is 2.44. The van der Waals surface area contributed by atoms with E-state index in [0.717, 1.165) is 12.1 Å². The van der Waals surface area contributed by atoms with Crippen LogP contribution in [0.25, 0.3) is 0 Å². The molecule has 0 aromatic heterocycles. The first-order valence-electron chi connectivity index (χ1n) is 7.50. The molecule has 2 atom stereocenters. The number of hydrogen-bond acceptors (Lipinski definition) is 2. The van der Waals surface area contributed by atoms with Crippen LogP contribution in [0.3, 0.4) is 0 Å². The lowest BCUT2D eigenvalue weighted by Crippen LogP contribution is -2.15. The highest BCUT2D eigenvalue weighted by atomic mass is 19.2. The summed E-state index contributed by atoms with van der Waals surface area (Å²) in [5, 5.41) is 11.5. The van der Waals surface area contributed by atoms with E-state index in [-0.39, 0.29) is 24.2 Å². The van der Waals surface area contributed by atoms with Crippen molar-refractivity contribution in [2.24, 2.45) is 5.92 Å². The number of nitrogens with one attached hydrogen (secondary N) is 1. The van der Waals surface area contributed by atoms with E-state index in [9.17, 15) is 18.4 Å². The molecule has 1 aliphatic carbocycles. The van der Waals surface area contributed by atoms with E-state index in [1.807, 2.05) is 0 Å². The third-order valence-electron chi connectivity index (χ3n) is 4.05. The van der Waals surface area contributed by atoms with Gasteiger partial charge in [0.25, 0.3) is 0 Å². The molecule has 1 fully saturated rings. The summed E-state index contributed by atoms with van der Waals surface area (Å²) in [6.07, 6.45) is 0.455. The lowest BCUT2D eigenvalue weighted by molar-refractivity contribution is -0.136. The minimum absolute atomic E-state index is 0.120. The van der Waals surface area contributed by atoms with E-state index >= 15 is 0 Å². The monoisotopic (exact) mass is 331 g/mol. The Morgan fingerprint density at radius 3 is 2.62 bits per heavy atom. The molecule has 2 N–H and O–H groups in total. The van der Waals surface area contributed by atoms with Gasteiger partial charge in [-0.1, -0.05) is 18.2 Å². The van der Waals surface area contributed by atoms with Crippen LogP contribution >= 0.6 is 0 Å². The molecule has 24 heavy (non-hydrogen) atoms. The van der Waals surface area contributed by atoms with Gasteiger partial charge < -0.3 is 10.4 Å². The second-order valence-corrected chi connectivity index (χ2v) is 5.88. The molecule has 4 nitrogen and oxygen atoms in total. The maximum absolute atomic E-state index is 13.3. The number of benzene rings is 2. The van der Waals surface area contributed by atoms with Gasteiger partial charge in [0.2, 0.25) is 5.91 Å². The Labute approximate surface area is 137 Å². The average molecular weight is 331 g/mol. The zero-order valence-electron chi connectivity index (χ0n) is 12.6. The van der Waals surface area contributed by atoms with Gasteiger partial charge >= 0.3 is 5.97 Å². The number of rotatable bonds is 5. The van der Waals surface area contributed by atoms with Crippen molar-refractivity contribution >= 4 is 17.6 Å². The lowest BCUT2D eigenvalue weighted by Gasteiger charge is -2.07. The summed E-state index contributed by atoms with van der Waals surface area (Å²) in [4.78, 5) is 23.0. The Kier molecular flexibility index (Phi) is 4.29. The number of carbonyl (C=O) groups excluding carboxylic acids is 1. The summed E-state index contributed by atoms with van der Waals surface area (Å²) in [6, 6.07) is 10.3. The van der Waals surface area contributed by atoms with Gasteiger partial charge in [0.05, 0.1) is 6.42 Å². The van der Waals surface area contributed by atoms with Crippen molar-refractivity contribution in [2.75, 3.05) is 5.32 Å². The molecule has 1 aliphatic rings. The summed E-state index contributed by atoms with van der Waals surface area (Å²) in [7, 11) is 0. The van der Waals surface area contributed by atoms with E-state index < -0.39 is 17.6 Å². The highest BCUT2D eigenvalue weighted by Crippen LogP contribution is 2.48. The molecule has 0 radical (unpaired) electrons. The zero-order valence-corrected chi connectivity index (χ0v) is 12.6. The van der Waals surface area contributed by atoms with Gasteiger partial charge in [0, 0.05) is 11.6 Å². The molecule has 6 heteroatoms. The van der Waals surface area contributed by atoms with Crippen molar-refractivity contribution < 1.29 is 23.5 Å². The first-order valence-corrected chi connectivity index (χ1v) is 7.50. The third kappa shape index (κ3) is 3.59. The summed E-state index contributed by atoms with van der Waals surface area (Å²) in [5.41, 5.74) is 1.72. The lowest BCUT2D eigenvalue weighted by atomic mass is 10.1. The maximum Gasteiger partial charge on any atom is 0.307 e. The van der Waals surface area contributed by atoms with E-state index in [2.05, 4.69) is 5.32 Å². The number of hydrogen-bond donors (Lipinski definition) is 2. The number of carbonyl (C=O) groups is 2. The van der Waals surface area contributed by atoms with Crippen molar-refractivity contribution in [3.8, 4) is 0 Å².